The Bertz CT molecular complexity index is 402. The van der Waals surface area contributed by atoms with Gasteiger partial charge in [0.15, 0.2) is 0 Å². The van der Waals surface area contributed by atoms with Gasteiger partial charge in [-0.1, -0.05) is 12.2 Å². The van der Waals surface area contributed by atoms with Gasteiger partial charge in [-0.3, -0.25) is 10.1 Å². The summed E-state index contributed by atoms with van der Waals surface area (Å²) in [5, 5.41) is 13.6. The average molecular weight is 221 g/mol. The van der Waals surface area contributed by atoms with Crippen LogP contribution in [0.4, 0.5) is 11.5 Å². The minimum Gasteiger partial charge on any atom is -0.370 e. The second-order valence-electron chi connectivity index (χ2n) is 3.40. The summed E-state index contributed by atoms with van der Waals surface area (Å²) in [7, 11) is 0. The quantitative estimate of drug-likeness (QED) is 0.359. The largest absolute Gasteiger partial charge is 0.370 e. The smallest absolute Gasteiger partial charge is 0.287 e. The monoisotopic (exact) mass is 221 g/mol. The number of anilines is 1. The van der Waals surface area contributed by atoms with Crippen LogP contribution >= 0.6 is 0 Å². The van der Waals surface area contributed by atoms with Crippen molar-refractivity contribution in [1.82, 2.24) is 4.98 Å². The molecule has 1 rings (SSSR count). The molecule has 0 aliphatic rings. The molecule has 0 aliphatic heterocycles. The molecule has 0 saturated carbocycles. The molecule has 0 aliphatic carbocycles. The van der Waals surface area contributed by atoms with Crippen molar-refractivity contribution in [2.75, 3.05) is 11.9 Å². The standard InChI is InChI=1S/C11H15N3O2/c1-3-4-5-6-12-11-9(2)7-10(8-13-11)14(15)16/h3-4,7-8H,5-6H2,1-2H3,(H,12,13)/b4-3+. The van der Waals surface area contributed by atoms with Crippen molar-refractivity contribution in [3.8, 4) is 0 Å². The first-order chi connectivity index (χ1) is 7.65. The zero-order valence-electron chi connectivity index (χ0n) is 9.43. The molecule has 0 amide bonds. The van der Waals surface area contributed by atoms with Crippen molar-refractivity contribution < 1.29 is 4.92 Å². The molecule has 0 saturated heterocycles. The molecule has 5 heteroatoms. The maximum Gasteiger partial charge on any atom is 0.287 e. The Hall–Kier alpha value is -1.91. The summed E-state index contributed by atoms with van der Waals surface area (Å²) in [5.74, 6) is 0.704. The first-order valence-corrected chi connectivity index (χ1v) is 5.11. The van der Waals surface area contributed by atoms with Gasteiger partial charge in [0.25, 0.3) is 5.69 Å². The maximum absolute atomic E-state index is 10.5. The van der Waals surface area contributed by atoms with E-state index in [0.29, 0.717) is 5.82 Å². The molecule has 5 nitrogen and oxygen atoms in total. The van der Waals surface area contributed by atoms with E-state index in [1.54, 1.807) is 6.92 Å². The molecule has 0 atom stereocenters. The third-order valence-electron chi connectivity index (χ3n) is 2.11. The first kappa shape index (κ1) is 12.2. The van der Waals surface area contributed by atoms with Crippen molar-refractivity contribution in [2.45, 2.75) is 20.3 Å². The van der Waals surface area contributed by atoms with Crippen LogP contribution in [0.25, 0.3) is 0 Å². The Kier molecular flexibility index (Phi) is 4.44. The van der Waals surface area contributed by atoms with Crippen LogP contribution < -0.4 is 5.32 Å². The lowest BCUT2D eigenvalue weighted by atomic mass is 10.2. The predicted molar refractivity (Wildman–Crippen MR) is 63.5 cm³/mol. The second kappa shape index (κ2) is 5.85. The topological polar surface area (TPSA) is 68.1 Å². The number of aryl methyl sites for hydroxylation is 1. The van der Waals surface area contributed by atoms with Gasteiger partial charge in [-0.25, -0.2) is 4.98 Å². The average Bonchev–Trinajstić information content (AvgIpc) is 2.26. The molecule has 0 aromatic carbocycles. The SMILES string of the molecule is C/C=C/CCNc1ncc([N+](=O)[O-])cc1C. The van der Waals surface area contributed by atoms with E-state index < -0.39 is 4.92 Å². The summed E-state index contributed by atoms with van der Waals surface area (Å²) in [6.45, 7) is 4.55. The molecule has 0 fully saturated rings. The number of nitrogens with one attached hydrogen (secondary N) is 1. The van der Waals surface area contributed by atoms with E-state index in [4.69, 9.17) is 0 Å². The van der Waals surface area contributed by atoms with Crippen molar-refractivity contribution in [3.05, 3.63) is 40.1 Å². The number of nitro groups is 1. The number of hydrogen-bond donors (Lipinski definition) is 1. The van der Waals surface area contributed by atoms with Crippen molar-refractivity contribution in [1.29, 1.82) is 0 Å². The molecule has 0 unspecified atom stereocenters. The third kappa shape index (κ3) is 3.34. The van der Waals surface area contributed by atoms with Crippen LogP contribution in [-0.4, -0.2) is 16.5 Å². The van der Waals surface area contributed by atoms with E-state index in [-0.39, 0.29) is 5.69 Å². The minimum absolute atomic E-state index is 0.0245. The Balaban J connectivity index is 2.64. The van der Waals surface area contributed by atoms with Gasteiger partial charge in [-0.15, -0.1) is 0 Å². The Morgan fingerprint density at radius 3 is 2.94 bits per heavy atom. The van der Waals surface area contributed by atoms with Crippen LogP contribution in [0.2, 0.25) is 0 Å². The fraction of sp³-hybridized carbons (Fsp3) is 0.364. The van der Waals surface area contributed by atoms with Gasteiger partial charge >= 0.3 is 0 Å². The van der Waals surface area contributed by atoms with Gasteiger partial charge in [0.05, 0.1) is 4.92 Å². The summed E-state index contributed by atoms with van der Waals surface area (Å²) in [6, 6.07) is 1.52. The predicted octanol–water partition coefficient (Wildman–Crippen LogP) is 2.68. The summed E-state index contributed by atoms with van der Waals surface area (Å²) < 4.78 is 0. The van der Waals surface area contributed by atoms with Crippen LogP contribution in [0.5, 0.6) is 0 Å². The van der Waals surface area contributed by atoms with Crippen LogP contribution in [0.15, 0.2) is 24.4 Å². The number of nitrogens with zero attached hydrogens (tertiary/aromatic N) is 2. The Morgan fingerprint density at radius 2 is 2.38 bits per heavy atom. The fourth-order valence-corrected chi connectivity index (χ4v) is 1.29. The van der Waals surface area contributed by atoms with E-state index in [1.165, 1.54) is 12.3 Å². The van der Waals surface area contributed by atoms with Crippen molar-refractivity contribution >= 4 is 11.5 Å². The molecule has 0 radical (unpaired) electrons. The van der Waals surface area contributed by atoms with Crippen LogP contribution in [0.3, 0.4) is 0 Å². The van der Waals surface area contributed by atoms with E-state index in [2.05, 4.69) is 10.3 Å². The van der Waals surface area contributed by atoms with Gasteiger partial charge < -0.3 is 5.32 Å². The summed E-state index contributed by atoms with van der Waals surface area (Å²) in [5.41, 5.74) is 0.811. The third-order valence-corrected chi connectivity index (χ3v) is 2.11. The van der Waals surface area contributed by atoms with E-state index in [0.717, 1.165) is 18.5 Å². The second-order valence-corrected chi connectivity index (χ2v) is 3.40. The minimum atomic E-state index is -0.441. The Labute approximate surface area is 94.4 Å². The number of allylic oxidation sites excluding steroid dienone is 1. The van der Waals surface area contributed by atoms with Crippen molar-refractivity contribution in [2.24, 2.45) is 0 Å². The molecule has 0 bridgehead atoms. The van der Waals surface area contributed by atoms with Crippen LogP contribution in [0, 0.1) is 17.0 Å². The molecular formula is C11H15N3O2. The summed E-state index contributed by atoms with van der Waals surface area (Å²) in [4.78, 5) is 14.1. The normalized spacial score (nSPS) is 10.6. The lowest BCUT2D eigenvalue weighted by molar-refractivity contribution is -0.385. The lowest BCUT2D eigenvalue weighted by Crippen LogP contribution is -2.04. The summed E-state index contributed by atoms with van der Waals surface area (Å²) in [6.07, 6.45) is 6.21. The lowest BCUT2D eigenvalue weighted by Gasteiger charge is -2.06. The molecule has 86 valence electrons. The zero-order chi connectivity index (χ0) is 12.0. The molecule has 0 spiro atoms. The number of aromatic nitrogens is 1. The molecule has 1 N–H and O–H groups in total. The van der Waals surface area contributed by atoms with Gasteiger partial charge in [-0.2, -0.15) is 0 Å². The van der Waals surface area contributed by atoms with E-state index in [1.807, 2.05) is 19.1 Å². The van der Waals surface area contributed by atoms with Gasteiger partial charge in [0, 0.05) is 12.6 Å². The molecular weight excluding hydrogens is 206 g/mol. The molecule has 16 heavy (non-hydrogen) atoms. The van der Waals surface area contributed by atoms with Gasteiger partial charge in [0.1, 0.15) is 12.0 Å². The highest BCUT2D eigenvalue weighted by Crippen LogP contribution is 2.17. The number of hydrogen-bond acceptors (Lipinski definition) is 4. The highest BCUT2D eigenvalue weighted by Gasteiger charge is 2.08. The number of pyridine rings is 1. The highest BCUT2D eigenvalue weighted by atomic mass is 16.6. The maximum atomic E-state index is 10.5. The Morgan fingerprint density at radius 1 is 1.62 bits per heavy atom. The fourth-order valence-electron chi connectivity index (χ4n) is 1.29. The van der Waals surface area contributed by atoms with Crippen LogP contribution in [-0.2, 0) is 0 Å². The van der Waals surface area contributed by atoms with Gasteiger partial charge in [0.2, 0.25) is 0 Å². The summed E-state index contributed by atoms with van der Waals surface area (Å²) >= 11 is 0. The molecule has 1 heterocycles. The first-order valence-electron chi connectivity index (χ1n) is 5.11. The van der Waals surface area contributed by atoms with E-state index in [9.17, 15) is 10.1 Å². The van der Waals surface area contributed by atoms with E-state index >= 15 is 0 Å². The molecule has 1 aromatic heterocycles. The highest BCUT2D eigenvalue weighted by molar-refractivity contribution is 5.48. The molecule has 1 aromatic rings. The van der Waals surface area contributed by atoms with Crippen molar-refractivity contribution in [3.63, 3.8) is 0 Å². The van der Waals surface area contributed by atoms with Gasteiger partial charge in [-0.05, 0) is 25.8 Å². The number of rotatable bonds is 5. The zero-order valence-corrected chi connectivity index (χ0v) is 9.43. The van der Waals surface area contributed by atoms with Crippen LogP contribution in [0.1, 0.15) is 18.9 Å².